The topological polar surface area (TPSA) is 85.8 Å². The Morgan fingerprint density at radius 2 is 1.77 bits per heavy atom. The van der Waals surface area contributed by atoms with Gasteiger partial charge in [0, 0.05) is 66.0 Å². The van der Waals surface area contributed by atoms with Gasteiger partial charge in [0.2, 0.25) is 5.36 Å². The minimum atomic E-state index is -0.863. The van der Waals surface area contributed by atoms with Gasteiger partial charge in [-0.15, -0.1) is 0 Å². The number of carboxylic acids is 1. The maximum absolute atomic E-state index is 13.7. The Morgan fingerprint density at radius 1 is 1.03 bits per heavy atom. The lowest BCUT2D eigenvalue weighted by molar-refractivity contribution is -0.137. The van der Waals surface area contributed by atoms with Crippen molar-refractivity contribution in [2.75, 3.05) is 39.0 Å². The summed E-state index contributed by atoms with van der Waals surface area (Å²) >= 11 is 0. The minimum absolute atomic E-state index is 0.0238. The van der Waals surface area contributed by atoms with Crippen molar-refractivity contribution in [2.45, 2.75) is 40.5 Å². The second kappa shape index (κ2) is 11.7. The SMILES string of the molecule is CCNc1cc2oc3cc(=[N+](C)CC)c(C)cc-3c(-c3ccccc3C(=O)N(C)CCCC(=O)O)c2cc1C. The monoisotopic (exact) mass is 528 g/mol. The number of carboxylic acid groups (broad SMARTS) is 1. The summed E-state index contributed by atoms with van der Waals surface area (Å²) in [6.45, 7) is 10.4. The molecule has 204 valence electrons. The van der Waals surface area contributed by atoms with E-state index in [9.17, 15) is 9.59 Å². The molecule has 1 aliphatic carbocycles. The molecule has 0 radical (unpaired) electrons. The summed E-state index contributed by atoms with van der Waals surface area (Å²) in [5, 5.41) is 14.5. The highest BCUT2D eigenvalue weighted by Crippen LogP contribution is 2.43. The van der Waals surface area contributed by atoms with Crippen molar-refractivity contribution in [3.63, 3.8) is 0 Å². The lowest BCUT2D eigenvalue weighted by Crippen LogP contribution is -2.29. The molecule has 7 nitrogen and oxygen atoms in total. The third-order valence-electron chi connectivity index (χ3n) is 7.29. The molecule has 0 saturated carbocycles. The number of carbonyl (C=O) groups excluding carboxylic acids is 1. The fourth-order valence-electron chi connectivity index (χ4n) is 5.10. The summed E-state index contributed by atoms with van der Waals surface area (Å²) in [5.74, 6) is -0.252. The van der Waals surface area contributed by atoms with E-state index in [0.717, 1.165) is 68.7 Å². The first-order chi connectivity index (χ1) is 18.7. The molecular weight excluding hydrogens is 490 g/mol. The van der Waals surface area contributed by atoms with Crippen molar-refractivity contribution in [2.24, 2.45) is 0 Å². The first-order valence-electron chi connectivity index (χ1n) is 13.5. The van der Waals surface area contributed by atoms with E-state index in [0.29, 0.717) is 18.5 Å². The number of amides is 1. The molecule has 0 spiro atoms. The quantitative estimate of drug-likeness (QED) is 0.218. The first-order valence-corrected chi connectivity index (χ1v) is 13.5. The normalized spacial score (nSPS) is 12.1. The molecule has 0 unspecified atom stereocenters. The highest BCUT2D eigenvalue weighted by atomic mass is 16.4. The zero-order chi connectivity index (χ0) is 28.3. The second-order valence-corrected chi connectivity index (χ2v) is 10.1. The van der Waals surface area contributed by atoms with Gasteiger partial charge in [-0.1, -0.05) is 18.2 Å². The van der Waals surface area contributed by atoms with Gasteiger partial charge in [0.1, 0.15) is 24.9 Å². The molecule has 1 heterocycles. The Kier molecular flexibility index (Phi) is 8.38. The zero-order valence-electron chi connectivity index (χ0n) is 23.7. The molecule has 4 rings (SSSR count). The summed E-state index contributed by atoms with van der Waals surface area (Å²) < 4.78 is 8.74. The van der Waals surface area contributed by atoms with Crippen molar-refractivity contribution in [3.8, 4) is 22.5 Å². The van der Waals surface area contributed by atoms with E-state index < -0.39 is 5.97 Å². The Hall–Kier alpha value is -4.13. The van der Waals surface area contributed by atoms with Gasteiger partial charge in [0.05, 0.1) is 6.07 Å². The second-order valence-electron chi connectivity index (χ2n) is 10.1. The first kappa shape index (κ1) is 27.9. The lowest BCUT2D eigenvalue weighted by Gasteiger charge is -2.22. The van der Waals surface area contributed by atoms with Gasteiger partial charge in [-0.05, 0) is 63.4 Å². The van der Waals surface area contributed by atoms with Gasteiger partial charge in [-0.3, -0.25) is 9.59 Å². The lowest BCUT2D eigenvalue weighted by atomic mass is 9.89. The van der Waals surface area contributed by atoms with Crippen molar-refractivity contribution >= 4 is 28.5 Å². The van der Waals surface area contributed by atoms with Gasteiger partial charge >= 0.3 is 5.97 Å². The van der Waals surface area contributed by atoms with E-state index in [-0.39, 0.29) is 12.3 Å². The van der Waals surface area contributed by atoms with Gasteiger partial charge in [0.15, 0.2) is 0 Å². The number of aliphatic carboxylic acids is 1. The molecule has 2 aliphatic rings. The van der Waals surface area contributed by atoms with Crippen molar-refractivity contribution in [3.05, 3.63) is 70.6 Å². The van der Waals surface area contributed by atoms with Crippen LogP contribution in [0.25, 0.3) is 33.4 Å². The highest BCUT2D eigenvalue weighted by molar-refractivity contribution is 6.09. The molecule has 2 aromatic carbocycles. The summed E-state index contributed by atoms with van der Waals surface area (Å²) in [6, 6.07) is 16.1. The summed E-state index contributed by atoms with van der Waals surface area (Å²) in [4.78, 5) is 26.3. The molecule has 2 aromatic rings. The Bertz CT molecular complexity index is 1580. The van der Waals surface area contributed by atoms with Crippen molar-refractivity contribution in [1.29, 1.82) is 0 Å². The van der Waals surface area contributed by atoms with Crippen LogP contribution in [0, 0.1) is 13.8 Å². The standard InChI is InChI=1S/C32H37N3O4/c1-7-33-26-18-28-24(16-20(26)3)31(25-17-21(4)27(34(5)8-2)19-29(25)39-28)22-12-9-10-13-23(22)32(38)35(6)15-11-14-30(36)37/h9-10,12-13,16-19H,7-8,11,14-15H2,1-6H3,(H,36,37)/p+1. The van der Waals surface area contributed by atoms with E-state index in [1.807, 2.05) is 30.3 Å². The molecule has 0 fully saturated rings. The number of nitrogens with zero attached hydrogens (tertiary/aromatic N) is 2. The molecule has 39 heavy (non-hydrogen) atoms. The molecule has 0 aromatic heterocycles. The van der Waals surface area contributed by atoms with Crippen LogP contribution in [0.5, 0.6) is 0 Å². The van der Waals surface area contributed by atoms with Crippen LogP contribution >= 0.6 is 0 Å². The van der Waals surface area contributed by atoms with Gasteiger partial charge in [0.25, 0.3) is 5.91 Å². The molecule has 0 saturated heterocycles. The van der Waals surface area contributed by atoms with E-state index in [1.165, 1.54) is 0 Å². The smallest absolute Gasteiger partial charge is 0.303 e. The highest BCUT2D eigenvalue weighted by Gasteiger charge is 2.25. The average molecular weight is 529 g/mol. The van der Waals surface area contributed by atoms with E-state index >= 15 is 0 Å². The summed E-state index contributed by atoms with van der Waals surface area (Å²) in [7, 11) is 3.79. The number of carbonyl (C=O) groups is 2. The number of fused-ring (bicyclic) bond motifs is 2. The molecule has 1 aliphatic heterocycles. The number of benzene rings is 3. The average Bonchev–Trinajstić information content (AvgIpc) is 2.91. The number of anilines is 1. The van der Waals surface area contributed by atoms with Crippen LogP contribution in [0.4, 0.5) is 5.69 Å². The van der Waals surface area contributed by atoms with E-state index in [1.54, 1.807) is 11.9 Å². The van der Waals surface area contributed by atoms with Crippen LogP contribution in [0.2, 0.25) is 0 Å². The van der Waals surface area contributed by atoms with Gasteiger partial charge in [-0.2, -0.15) is 0 Å². The predicted octanol–water partition coefficient (Wildman–Crippen LogP) is 5.61. The van der Waals surface area contributed by atoms with Crippen LogP contribution in [0.15, 0.2) is 52.9 Å². The largest absolute Gasteiger partial charge is 0.481 e. The van der Waals surface area contributed by atoms with Gasteiger partial charge < -0.3 is 19.7 Å². The van der Waals surface area contributed by atoms with E-state index in [4.69, 9.17) is 9.52 Å². The van der Waals surface area contributed by atoms with Gasteiger partial charge in [-0.25, -0.2) is 4.58 Å². The van der Waals surface area contributed by atoms with Crippen LogP contribution in [-0.2, 0) is 4.79 Å². The van der Waals surface area contributed by atoms with Crippen LogP contribution < -0.4 is 15.2 Å². The molecule has 7 heteroatoms. The van der Waals surface area contributed by atoms with Crippen LogP contribution in [0.1, 0.15) is 48.2 Å². The third-order valence-corrected chi connectivity index (χ3v) is 7.29. The van der Waals surface area contributed by atoms with Crippen molar-refractivity contribution < 1.29 is 19.1 Å². The summed E-state index contributed by atoms with van der Waals surface area (Å²) in [5.41, 5.74) is 7.26. The molecule has 1 amide bonds. The maximum Gasteiger partial charge on any atom is 0.303 e. The van der Waals surface area contributed by atoms with Crippen LogP contribution in [0.3, 0.4) is 0 Å². The van der Waals surface area contributed by atoms with Crippen LogP contribution in [-0.4, -0.2) is 55.6 Å². The Balaban J connectivity index is 2.02. The zero-order valence-corrected chi connectivity index (χ0v) is 23.7. The molecule has 0 bridgehead atoms. The number of aryl methyl sites for hydroxylation is 2. The Labute approximate surface area is 229 Å². The number of hydrogen-bond donors (Lipinski definition) is 2. The number of nitrogens with one attached hydrogen (secondary N) is 1. The fourth-order valence-corrected chi connectivity index (χ4v) is 5.10. The number of rotatable bonds is 9. The minimum Gasteiger partial charge on any atom is -0.481 e. The molecular formula is C32H38N3O4+. The predicted molar refractivity (Wildman–Crippen MR) is 157 cm³/mol. The summed E-state index contributed by atoms with van der Waals surface area (Å²) in [6.07, 6.45) is 0.422. The number of hydrogen-bond acceptors (Lipinski definition) is 4. The van der Waals surface area contributed by atoms with Crippen molar-refractivity contribution in [1.82, 2.24) is 9.48 Å². The third kappa shape index (κ3) is 5.67. The Morgan fingerprint density at radius 3 is 2.46 bits per heavy atom. The van der Waals surface area contributed by atoms with E-state index in [2.05, 4.69) is 62.8 Å². The maximum atomic E-state index is 13.7. The fraction of sp³-hybridized carbons (Fsp3) is 0.344. The molecule has 2 N–H and O–H groups in total. The molecule has 0 atom stereocenters.